The van der Waals surface area contributed by atoms with Crippen molar-refractivity contribution in [3.63, 3.8) is 0 Å². The number of furan rings is 1. The summed E-state index contributed by atoms with van der Waals surface area (Å²) < 4.78 is 28.1. The van der Waals surface area contributed by atoms with Crippen molar-refractivity contribution in [1.29, 1.82) is 0 Å². The maximum Gasteiger partial charge on any atom is 0.287 e. The lowest BCUT2D eigenvalue weighted by molar-refractivity contribution is 0.0925. The summed E-state index contributed by atoms with van der Waals surface area (Å²) in [6.45, 7) is 3.66. The van der Waals surface area contributed by atoms with Crippen LogP contribution in [-0.2, 0) is 16.3 Å². The normalized spacial score (nSPS) is 11.5. The second-order valence-corrected chi connectivity index (χ2v) is 8.65. The van der Waals surface area contributed by atoms with E-state index in [1.165, 1.54) is 12.5 Å². The number of aliphatic imine (C=N–C) groups is 1. The number of nitrogens with zero attached hydrogens (tertiary/aromatic N) is 1. The number of rotatable bonds is 9. The minimum atomic E-state index is -3.17. The van der Waals surface area contributed by atoms with Gasteiger partial charge in [-0.15, -0.1) is 24.0 Å². The highest BCUT2D eigenvalue weighted by Gasteiger charge is 2.11. The SMILES string of the molecule is CN=C(NCCCNC(=O)c1occc1C)NCCc1ccc(S(C)(=O)=O)cc1.I. The van der Waals surface area contributed by atoms with Crippen molar-refractivity contribution < 1.29 is 17.6 Å². The van der Waals surface area contributed by atoms with Crippen molar-refractivity contribution in [3.05, 3.63) is 53.5 Å². The number of benzene rings is 1. The van der Waals surface area contributed by atoms with Crippen LogP contribution in [0.25, 0.3) is 0 Å². The minimum absolute atomic E-state index is 0. The summed E-state index contributed by atoms with van der Waals surface area (Å²) in [6.07, 6.45) is 4.17. The number of guanidine groups is 1. The maximum atomic E-state index is 11.9. The number of halogens is 1. The van der Waals surface area contributed by atoms with E-state index in [9.17, 15) is 13.2 Å². The Morgan fingerprint density at radius 2 is 1.67 bits per heavy atom. The van der Waals surface area contributed by atoms with Gasteiger partial charge in [0, 0.05) is 38.5 Å². The highest BCUT2D eigenvalue weighted by Crippen LogP contribution is 2.10. The van der Waals surface area contributed by atoms with Gasteiger partial charge >= 0.3 is 0 Å². The lowest BCUT2D eigenvalue weighted by atomic mass is 10.1. The predicted molar refractivity (Wildman–Crippen MR) is 128 cm³/mol. The molecular weight excluding hydrogens is 519 g/mol. The first-order valence-corrected chi connectivity index (χ1v) is 11.3. The molecule has 30 heavy (non-hydrogen) atoms. The first kappa shape index (κ1) is 26.0. The molecule has 0 aliphatic carbocycles. The molecule has 166 valence electrons. The van der Waals surface area contributed by atoms with Crippen molar-refractivity contribution in [2.24, 2.45) is 4.99 Å². The van der Waals surface area contributed by atoms with Gasteiger partial charge in [-0.05, 0) is 43.5 Å². The standard InChI is InChI=1S/C20H28N4O4S.HI/c1-15-10-14-28-18(15)19(25)22-11-4-12-23-20(21-2)24-13-9-16-5-7-17(8-6-16)29(3,26)27;/h5-8,10,14H,4,9,11-13H2,1-3H3,(H,22,25)(H2,21,23,24);1H. The Balaban J connectivity index is 0.00000450. The Kier molecular flexibility index (Phi) is 10.9. The monoisotopic (exact) mass is 548 g/mol. The highest BCUT2D eigenvalue weighted by molar-refractivity contribution is 14.0. The van der Waals surface area contributed by atoms with Gasteiger partial charge in [0.1, 0.15) is 0 Å². The molecule has 0 fully saturated rings. The number of amides is 1. The van der Waals surface area contributed by atoms with E-state index < -0.39 is 9.84 Å². The van der Waals surface area contributed by atoms with Crippen LogP contribution in [0.3, 0.4) is 0 Å². The number of aryl methyl sites for hydroxylation is 1. The molecule has 0 aliphatic heterocycles. The molecule has 0 saturated heterocycles. The van der Waals surface area contributed by atoms with Crippen molar-refractivity contribution in [2.75, 3.05) is 32.9 Å². The van der Waals surface area contributed by atoms with E-state index in [-0.39, 0.29) is 29.9 Å². The predicted octanol–water partition coefficient (Wildman–Crippen LogP) is 2.14. The lowest BCUT2D eigenvalue weighted by Crippen LogP contribution is -2.39. The minimum Gasteiger partial charge on any atom is -0.459 e. The molecule has 2 rings (SSSR count). The summed E-state index contributed by atoms with van der Waals surface area (Å²) in [4.78, 5) is 16.4. The Labute approximate surface area is 194 Å². The first-order valence-electron chi connectivity index (χ1n) is 9.37. The highest BCUT2D eigenvalue weighted by atomic mass is 127. The van der Waals surface area contributed by atoms with Crippen LogP contribution in [0.2, 0.25) is 0 Å². The van der Waals surface area contributed by atoms with Gasteiger partial charge in [0.2, 0.25) is 0 Å². The van der Waals surface area contributed by atoms with Gasteiger partial charge in [-0.25, -0.2) is 8.42 Å². The summed E-state index contributed by atoms with van der Waals surface area (Å²) in [5.41, 5.74) is 1.85. The van der Waals surface area contributed by atoms with Crippen LogP contribution in [0.5, 0.6) is 0 Å². The molecule has 2 aromatic rings. The number of hydrogen-bond donors (Lipinski definition) is 3. The number of sulfone groups is 1. The van der Waals surface area contributed by atoms with E-state index >= 15 is 0 Å². The molecule has 0 bridgehead atoms. The van der Waals surface area contributed by atoms with Crippen molar-refractivity contribution in [3.8, 4) is 0 Å². The summed E-state index contributed by atoms with van der Waals surface area (Å²) >= 11 is 0. The van der Waals surface area contributed by atoms with Gasteiger partial charge in [0.25, 0.3) is 5.91 Å². The molecule has 1 aromatic heterocycles. The largest absolute Gasteiger partial charge is 0.459 e. The third-order valence-corrected chi connectivity index (χ3v) is 5.41. The second kappa shape index (κ2) is 12.6. The number of carbonyl (C=O) groups is 1. The molecule has 10 heteroatoms. The zero-order valence-electron chi connectivity index (χ0n) is 17.4. The Morgan fingerprint density at radius 1 is 1.03 bits per heavy atom. The van der Waals surface area contributed by atoms with Crippen molar-refractivity contribution in [2.45, 2.75) is 24.7 Å². The first-order chi connectivity index (χ1) is 13.8. The summed E-state index contributed by atoms with van der Waals surface area (Å²) in [7, 11) is -1.48. The fourth-order valence-electron chi connectivity index (χ4n) is 2.63. The third-order valence-electron chi connectivity index (χ3n) is 4.28. The number of hydrogen-bond acceptors (Lipinski definition) is 5. The molecule has 0 atom stereocenters. The number of carbonyl (C=O) groups excluding carboxylic acids is 1. The summed E-state index contributed by atoms with van der Waals surface area (Å²) in [5.74, 6) is 0.808. The molecule has 3 N–H and O–H groups in total. The quantitative estimate of drug-likeness (QED) is 0.192. The summed E-state index contributed by atoms with van der Waals surface area (Å²) in [6, 6.07) is 8.63. The van der Waals surface area contributed by atoms with Crippen molar-refractivity contribution in [1.82, 2.24) is 16.0 Å². The van der Waals surface area contributed by atoms with Crippen LogP contribution >= 0.6 is 24.0 Å². The van der Waals surface area contributed by atoms with E-state index in [0.717, 1.165) is 24.0 Å². The average molecular weight is 548 g/mol. The Hall–Kier alpha value is -2.08. The third kappa shape index (κ3) is 8.34. The molecule has 1 aromatic carbocycles. The molecule has 8 nitrogen and oxygen atoms in total. The van der Waals surface area contributed by atoms with Gasteiger partial charge in [-0.3, -0.25) is 9.79 Å². The van der Waals surface area contributed by atoms with Crippen LogP contribution < -0.4 is 16.0 Å². The maximum absolute atomic E-state index is 11.9. The fraction of sp³-hybridized carbons (Fsp3) is 0.400. The van der Waals surface area contributed by atoms with Crippen LogP contribution in [0.1, 0.15) is 28.1 Å². The van der Waals surface area contributed by atoms with Gasteiger partial charge in [-0.2, -0.15) is 0 Å². The van der Waals surface area contributed by atoms with Crippen LogP contribution in [0.4, 0.5) is 0 Å². The summed E-state index contributed by atoms with van der Waals surface area (Å²) in [5, 5.41) is 9.22. The van der Waals surface area contributed by atoms with Crippen LogP contribution in [-0.4, -0.2) is 53.2 Å². The zero-order valence-corrected chi connectivity index (χ0v) is 20.5. The van der Waals surface area contributed by atoms with Gasteiger partial charge in [-0.1, -0.05) is 12.1 Å². The smallest absolute Gasteiger partial charge is 0.287 e. The van der Waals surface area contributed by atoms with Crippen LogP contribution in [0, 0.1) is 6.92 Å². The molecule has 1 heterocycles. The van der Waals surface area contributed by atoms with E-state index in [1.54, 1.807) is 25.2 Å². The molecule has 0 aliphatic rings. The Bertz CT molecular complexity index is 940. The molecule has 0 saturated carbocycles. The second-order valence-electron chi connectivity index (χ2n) is 6.63. The molecule has 1 amide bonds. The number of nitrogens with one attached hydrogen (secondary N) is 3. The topological polar surface area (TPSA) is 113 Å². The van der Waals surface area contributed by atoms with Gasteiger partial charge in [0.15, 0.2) is 21.6 Å². The lowest BCUT2D eigenvalue weighted by Gasteiger charge is -2.12. The molecule has 0 radical (unpaired) electrons. The Morgan fingerprint density at radius 3 is 2.23 bits per heavy atom. The average Bonchev–Trinajstić information content (AvgIpc) is 3.12. The molecule has 0 spiro atoms. The molecular formula is C20H29IN4O4S. The zero-order chi connectivity index (χ0) is 21.3. The fourth-order valence-corrected chi connectivity index (χ4v) is 3.26. The molecule has 0 unspecified atom stereocenters. The van der Waals surface area contributed by atoms with E-state index in [2.05, 4.69) is 20.9 Å². The van der Waals surface area contributed by atoms with E-state index in [0.29, 0.717) is 36.2 Å². The van der Waals surface area contributed by atoms with E-state index in [1.807, 2.05) is 19.1 Å². The van der Waals surface area contributed by atoms with Crippen molar-refractivity contribution >= 4 is 45.7 Å². The van der Waals surface area contributed by atoms with Gasteiger partial charge in [0.05, 0.1) is 11.2 Å². The van der Waals surface area contributed by atoms with Crippen LogP contribution in [0.15, 0.2) is 50.9 Å². The van der Waals surface area contributed by atoms with Gasteiger partial charge < -0.3 is 20.4 Å². The van der Waals surface area contributed by atoms with E-state index in [4.69, 9.17) is 4.42 Å².